The summed E-state index contributed by atoms with van der Waals surface area (Å²) in [5.74, 6) is 1.03. The second-order valence-corrected chi connectivity index (χ2v) is 10.3. The molecule has 0 aliphatic carbocycles. The molecule has 0 aromatic carbocycles. The van der Waals surface area contributed by atoms with Crippen molar-refractivity contribution < 1.29 is 0 Å². The van der Waals surface area contributed by atoms with Crippen LogP contribution >= 0.6 is 0 Å². The van der Waals surface area contributed by atoms with Crippen LogP contribution in [0.2, 0.25) is 0 Å². The highest BCUT2D eigenvalue weighted by Crippen LogP contribution is 2.32. The van der Waals surface area contributed by atoms with E-state index in [1.807, 2.05) is 18.3 Å². The molecule has 198 valence electrons. The lowest BCUT2D eigenvalue weighted by Gasteiger charge is -2.33. The molecule has 1 aliphatic rings. The molecule has 8 nitrogen and oxygen atoms in total. The van der Waals surface area contributed by atoms with Gasteiger partial charge in [-0.05, 0) is 88.9 Å². The first-order valence-corrected chi connectivity index (χ1v) is 13.4. The van der Waals surface area contributed by atoms with Gasteiger partial charge in [-0.1, -0.05) is 18.7 Å². The Hall–Kier alpha value is -3.75. The number of rotatable bonds is 9. The highest BCUT2D eigenvalue weighted by molar-refractivity contribution is 5.98. The minimum atomic E-state index is 0.816. The third-order valence-electron chi connectivity index (χ3n) is 7.27. The van der Waals surface area contributed by atoms with E-state index in [0.29, 0.717) is 0 Å². The van der Waals surface area contributed by atoms with Gasteiger partial charge in [-0.15, -0.1) is 0 Å². The molecule has 4 aromatic heterocycles. The molecule has 38 heavy (non-hydrogen) atoms. The monoisotopic (exact) mass is 510 g/mol. The zero-order valence-electron chi connectivity index (χ0n) is 23.0. The van der Waals surface area contributed by atoms with Gasteiger partial charge in [-0.25, -0.2) is 9.97 Å². The third kappa shape index (κ3) is 5.42. The fourth-order valence-corrected chi connectivity index (χ4v) is 5.02. The lowest BCUT2D eigenvalue weighted by molar-refractivity contribution is 0.312. The van der Waals surface area contributed by atoms with Crippen LogP contribution in [-0.2, 0) is 0 Å². The van der Waals surface area contributed by atoms with E-state index in [0.717, 1.165) is 96.0 Å². The number of anilines is 1. The molecule has 0 bridgehead atoms. The Kier molecular flexibility index (Phi) is 7.72. The second-order valence-electron chi connectivity index (χ2n) is 10.3. The van der Waals surface area contributed by atoms with Crippen LogP contribution in [0.4, 0.5) is 5.82 Å². The van der Waals surface area contributed by atoms with Gasteiger partial charge in [0.1, 0.15) is 17.0 Å². The number of H-pyrrole nitrogens is 2. The first-order chi connectivity index (χ1) is 18.5. The van der Waals surface area contributed by atoms with Crippen molar-refractivity contribution >= 4 is 33.3 Å². The van der Waals surface area contributed by atoms with Crippen LogP contribution in [0.25, 0.3) is 38.9 Å². The third-order valence-corrected chi connectivity index (χ3v) is 7.27. The fourth-order valence-electron chi connectivity index (χ4n) is 5.02. The normalized spacial score (nSPS) is 15.8. The number of fused-ring (bicyclic) bond motifs is 2. The summed E-state index contributed by atoms with van der Waals surface area (Å²) < 4.78 is 0. The topological polar surface area (TPSA) is 80.0 Å². The largest absolute Gasteiger partial charge is 0.353 e. The van der Waals surface area contributed by atoms with Crippen LogP contribution in [0, 0.1) is 0 Å². The molecule has 0 spiro atoms. The van der Waals surface area contributed by atoms with E-state index in [2.05, 4.69) is 94.9 Å². The van der Waals surface area contributed by atoms with Crippen LogP contribution in [0.3, 0.4) is 0 Å². The van der Waals surface area contributed by atoms with Crippen LogP contribution in [-0.4, -0.2) is 88.8 Å². The molecule has 5 rings (SSSR count). The average Bonchev–Trinajstić information content (AvgIpc) is 3.54. The van der Waals surface area contributed by atoms with Gasteiger partial charge in [0.25, 0.3) is 0 Å². The lowest BCUT2D eigenvalue weighted by Crippen LogP contribution is -2.44. The summed E-state index contributed by atoms with van der Waals surface area (Å²) in [5, 5.41) is 8.94. The van der Waals surface area contributed by atoms with E-state index >= 15 is 0 Å². The van der Waals surface area contributed by atoms with Gasteiger partial charge in [-0.3, -0.25) is 5.10 Å². The summed E-state index contributed by atoms with van der Waals surface area (Å²) in [6, 6.07) is 8.31. The van der Waals surface area contributed by atoms with E-state index in [-0.39, 0.29) is 0 Å². The van der Waals surface area contributed by atoms with E-state index in [1.54, 1.807) is 0 Å². The van der Waals surface area contributed by atoms with Crippen molar-refractivity contribution in [1.82, 2.24) is 34.9 Å². The summed E-state index contributed by atoms with van der Waals surface area (Å²) in [6.07, 6.45) is 10.2. The molecule has 0 atom stereocenters. The SMILES string of the molecule is C=C/C(=C\C(=C/C)c1ccc2[nH]nc(-c3cc4c(N5CCN(C)CC5)nccc4[nH]3)c2n1)CCCN(C)C. The summed E-state index contributed by atoms with van der Waals surface area (Å²) in [7, 11) is 6.38. The smallest absolute Gasteiger partial charge is 0.138 e. The number of piperazine rings is 1. The minimum absolute atomic E-state index is 0.816. The number of allylic oxidation sites excluding steroid dienone is 5. The van der Waals surface area contributed by atoms with E-state index in [9.17, 15) is 0 Å². The number of hydrogen-bond acceptors (Lipinski definition) is 6. The molecule has 0 unspecified atom stereocenters. The lowest BCUT2D eigenvalue weighted by atomic mass is 10.0. The molecule has 5 heterocycles. The first-order valence-electron chi connectivity index (χ1n) is 13.4. The van der Waals surface area contributed by atoms with Crippen molar-refractivity contribution in [3.8, 4) is 11.4 Å². The molecule has 0 amide bonds. The van der Waals surface area contributed by atoms with Crippen LogP contribution in [0.1, 0.15) is 25.5 Å². The van der Waals surface area contributed by atoms with Gasteiger partial charge in [0.15, 0.2) is 0 Å². The number of hydrogen-bond donors (Lipinski definition) is 2. The summed E-state index contributed by atoms with van der Waals surface area (Å²) in [4.78, 5) is 20.3. The van der Waals surface area contributed by atoms with Crippen molar-refractivity contribution in [3.05, 3.63) is 66.5 Å². The Balaban J connectivity index is 1.47. The number of pyridine rings is 2. The Labute approximate surface area is 224 Å². The number of aromatic nitrogens is 5. The summed E-state index contributed by atoms with van der Waals surface area (Å²) in [5.41, 5.74) is 7.79. The predicted octanol–water partition coefficient (Wildman–Crippen LogP) is 5.11. The van der Waals surface area contributed by atoms with Gasteiger partial charge >= 0.3 is 0 Å². The van der Waals surface area contributed by atoms with E-state index < -0.39 is 0 Å². The first kappa shape index (κ1) is 25.9. The predicted molar refractivity (Wildman–Crippen MR) is 158 cm³/mol. The Morgan fingerprint density at radius 3 is 2.68 bits per heavy atom. The highest BCUT2D eigenvalue weighted by Gasteiger charge is 2.20. The molecule has 1 aliphatic heterocycles. The number of nitrogens with zero attached hydrogens (tertiary/aromatic N) is 6. The summed E-state index contributed by atoms with van der Waals surface area (Å²) >= 11 is 0. The Morgan fingerprint density at radius 2 is 1.95 bits per heavy atom. The van der Waals surface area contributed by atoms with Gasteiger partial charge in [0.2, 0.25) is 0 Å². The van der Waals surface area contributed by atoms with Crippen molar-refractivity contribution in [2.24, 2.45) is 0 Å². The molecule has 4 aromatic rings. The van der Waals surface area contributed by atoms with Crippen molar-refractivity contribution in [2.75, 3.05) is 58.8 Å². The van der Waals surface area contributed by atoms with Crippen molar-refractivity contribution in [3.63, 3.8) is 0 Å². The van der Waals surface area contributed by atoms with Crippen molar-refractivity contribution in [1.29, 1.82) is 0 Å². The Bertz CT molecular complexity index is 1480. The quantitative estimate of drug-likeness (QED) is 0.305. The van der Waals surface area contributed by atoms with Crippen LogP contribution in [0.5, 0.6) is 0 Å². The maximum Gasteiger partial charge on any atom is 0.138 e. The number of likely N-dealkylation sites (N-methyl/N-ethyl adjacent to an activating group) is 1. The van der Waals surface area contributed by atoms with Crippen LogP contribution in [0.15, 0.2) is 60.8 Å². The minimum Gasteiger partial charge on any atom is -0.353 e. The standard InChI is InChI=1S/C30H38N8/c1-6-21(9-8-14-36(3)4)19-22(7-2)24-10-11-26-28(33-24)29(35-34-26)27-20-23-25(32-27)12-13-31-30(23)38-17-15-37(5)16-18-38/h6-7,10-13,19-20,32H,1,8-9,14-18H2,2-5H3,(H,34,35)/b21-19+,22-7+. The van der Waals surface area contributed by atoms with Crippen molar-refractivity contribution in [2.45, 2.75) is 19.8 Å². The molecule has 0 saturated carbocycles. The Morgan fingerprint density at radius 1 is 1.13 bits per heavy atom. The molecule has 0 radical (unpaired) electrons. The highest BCUT2D eigenvalue weighted by atomic mass is 15.3. The molecular formula is C30H38N8. The molecule has 8 heteroatoms. The summed E-state index contributed by atoms with van der Waals surface area (Å²) in [6.45, 7) is 11.2. The molecule has 1 saturated heterocycles. The molecule has 2 N–H and O–H groups in total. The maximum absolute atomic E-state index is 5.07. The average molecular weight is 511 g/mol. The van der Waals surface area contributed by atoms with Gasteiger partial charge in [0.05, 0.1) is 22.4 Å². The van der Waals surface area contributed by atoms with Gasteiger partial charge in [-0.2, -0.15) is 5.10 Å². The maximum atomic E-state index is 5.07. The zero-order chi connectivity index (χ0) is 26.6. The second kappa shape index (κ2) is 11.3. The zero-order valence-corrected chi connectivity index (χ0v) is 23.0. The van der Waals surface area contributed by atoms with Gasteiger partial charge < -0.3 is 19.7 Å². The van der Waals surface area contributed by atoms with Crippen LogP contribution < -0.4 is 4.90 Å². The fraction of sp³-hybridized carbons (Fsp3) is 0.367. The van der Waals surface area contributed by atoms with E-state index in [1.165, 1.54) is 5.57 Å². The molecular weight excluding hydrogens is 472 g/mol. The van der Waals surface area contributed by atoms with Gasteiger partial charge in [0, 0.05) is 37.8 Å². The molecule has 1 fully saturated rings. The number of aromatic amines is 2. The number of nitrogens with one attached hydrogen (secondary N) is 2. The van der Waals surface area contributed by atoms with E-state index in [4.69, 9.17) is 9.97 Å².